The highest BCUT2D eigenvalue weighted by Crippen LogP contribution is 2.35. The van der Waals surface area contributed by atoms with E-state index in [1.807, 2.05) is 40.0 Å². The molecule has 1 atom stereocenters. The summed E-state index contributed by atoms with van der Waals surface area (Å²) in [5.74, 6) is 0. The first-order valence-corrected chi connectivity index (χ1v) is 9.06. The highest BCUT2D eigenvalue weighted by molar-refractivity contribution is 8.02. The van der Waals surface area contributed by atoms with E-state index in [-0.39, 0.29) is 6.04 Å². The molecule has 0 aromatic heterocycles. The maximum absolute atomic E-state index is 4.44. The van der Waals surface area contributed by atoms with Gasteiger partial charge in [0.2, 0.25) is 0 Å². The molecule has 3 rings (SSSR count). The number of hydrogen-bond acceptors (Lipinski definition) is 2. The van der Waals surface area contributed by atoms with Gasteiger partial charge in [-0.1, -0.05) is 64.3 Å². The molecular formula is C20H27NS. The second-order valence-corrected chi connectivity index (χ2v) is 5.46. The molecule has 0 saturated carbocycles. The number of hydrogen-bond donors (Lipinski definition) is 0. The van der Waals surface area contributed by atoms with Crippen LogP contribution >= 0.6 is 11.8 Å². The van der Waals surface area contributed by atoms with Crippen LogP contribution in [0.25, 0.3) is 5.57 Å². The number of benzene rings is 1. The molecule has 1 nitrogen and oxygen atoms in total. The molecule has 0 radical (unpaired) electrons. The third kappa shape index (κ3) is 4.74. The van der Waals surface area contributed by atoms with E-state index in [1.165, 1.54) is 21.6 Å². The van der Waals surface area contributed by atoms with Crippen LogP contribution in [0.1, 0.15) is 57.7 Å². The van der Waals surface area contributed by atoms with Crippen molar-refractivity contribution in [2.24, 2.45) is 4.99 Å². The lowest BCUT2D eigenvalue weighted by Gasteiger charge is -2.15. The Morgan fingerprint density at radius 2 is 1.95 bits per heavy atom. The lowest BCUT2D eigenvalue weighted by Crippen LogP contribution is -1.95. The van der Waals surface area contributed by atoms with Crippen LogP contribution in [0.15, 0.2) is 58.3 Å². The van der Waals surface area contributed by atoms with Crippen molar-refractivity contribution in [3.8, 4) is 0 Å². The van der Waals surface area contributed by atoms with Gasteiger partial charge < -0.3 is 0 Å². The Hall–Kier alpha value is -1.54. The van der Waals surface area contributed by atoms with Crippen LogP contribution in [-0.4, -0.2) is 6.21 Å². The first-order valence-electron chi connectivity index (χ1n) is 8.18. The third-order valence-corrected chi connectivity index (χ3v) is 4.19. The minimum absolute atomic E-state index is 0.189. The Bertz CT molecular complexity index is 555. The Labute approximate surface area is 139 Å². The summed E-state index contributed by atoms with van der Waals surface area (Å²) in [5, 5.41) is 2.18. The van der Waals surface area contributed by atoms with Crippen LogP contribution in [0.4, 0.5) is 0 Å². The summed E-state index contributed by atoms with van der Waals surface area (Å²) in [5.41, 5.74) is 3.78. The van der Waals surface area contributed by atoms with E-state index in [9.17, 15) is 0 Å². The molecule has 1 unspecified atom stereocenters. The van der Waals surface area contributed by atoms with Crippen molar-refractivity contribution in [3.05, 3.63) is 59.5 Å². The van der Waals surface area contributed by atoms with Gasteiger partial charge in [-0.05, 0) is 53.2 Å². The molecule has 2 aliphatic heterocycles. The Morgan fingerprint density at radius 3 is 2.64 bits per heavy atom. The maximum Gasteiger partial charge on any atom is 0.0934 e. The molecule has 0 N–H and O–H groups in total. The van der Waals surface area contributed by atoms with Gasteiger partial charge in [-0.15, -0.1) is 0 Å². The number of fused-ring (bicyclic) bond motifs is 1. The van der Waals surface area contributed by atoms with E-state index in [1.54, 1.807) is 11.8 Å². The predicted molar refractivity (Wildman–Crippen MR) is 103 cm³/mol. The highest BCUT2D eigenvalue weighted by atomic mass is 32.2. The predicted octanol–water partition coefficient (Wildman–Crippen LogP) is 6.83. The Balaban J connectivity index is 0.000000561. The number of nitrogens with zero attached hydrogens (tertiary/aromatic N) is 1. The molecule has 118 valence electrons. The maximum atomic E-state index is 4.44. The topological polar surface area (TPSA) is 12.4 Å². The zero-order chi connectivity index (χ0) is 16.4. The average molecular weight is 314 g/mol. The molecule has 0 saturated heterocycles. The van der Waals surface area contributed by atoms with Gasteiger partial charge in [0.15, 0.2) is 0 Å². The molecule has 1 aromatic carbocycles. The van der Waals surface area contributed by atoms with Crippen molar-refractivity contribution in [1.29, 1.82) is 0 Å². The Kier molecular flexibility index (Phi) is 8.61. The molecule has 22 heavy (non-hydrogen) atoms. The van der Waals surface area contributed by atoms with E-state index in [4.69, 9.17) is 0 Å². The number of thioether (sulfide) groups is 1. The summed E-state index contributed by atoms with van der Waals surface area (Å²) < 4.78 is 0. The Morgan fingerprint density at radius 1 is 1.18 bits per heavy atom. The SMILES string of the molecule is C=C1CC/C=C\Sc2ccc(C3C=CC=N3)cc21.CC.CC. The lowest BCUT2D eigenvalue weighted by atomic mass is 9.98. The van der Waals surface area contributed by atoms with E-state index < -0.39 is 0 Å². The number of allylic oxidation sites excluding steroid dienone is 3. The van der Waals surface area contributed by atoms with Crippen molar-refractivity contribution in [2.45, 2.75) is 51.5 Å². The van der Waals surface area contributed by atoms with Crippen molar-refractivity contribution in [2.75, 3.05) is 0 Å². The molecule has 0 spiro atoms. The molecule has 2 heteroatoms. The molecule has 1 aromatic rings. The standard InChI is InChI=1S/C16H15NS.2C2H6/c1-12-5-2-3-10-18-16-8-7-13(11-14(12)16)15-6-4-9-17-15;2*1-2/h3-4,6-11,15H,1-2,5H2;2*1-2H3/b10-3-;;. The fourth-order valence-electron chi connectivity index (χ4n) is 2.24. The fraction of sp³-hybridized carbons (Fsp3) is 0.350. The number of rotatable bonds is 1. The molecule has 2 heterocycles. The summed E-state index contributed by atoms with van der Waals surface area (Å²) in [6.07, 6.45) is 10.3. The lowest BCUT2D eigenvalue weighted by molar-refractivity contribution is 0.930. The molecule has 0 fully saturated rings. The second kappa shape index (κ2) is 10.2. The second-order valence-electron chi connectivity index (χ2n) is 4.52. The van der Waals surface area contributed by atoms with Crippen LogP contribution in [0.5, 0.6) is 0 Å². The zero-order valence-electron chi connectivity index (χ0n) is 14.2. The van der Waals surface area contributed by atoms with E-state index in [2.05, 4.69) is 47.3 Å². The van der Waals surface area contributed by atoms with Crippen LogP contribution in [0, 0.1) is 0 Å². The minimum Gasteiger partial charge on any atom is -0.281 e. The zero-order valence-corrected chi connectivity index (χ0v) is 15.0. The van der Waals surface area contributed by atoms with E-state index in [0.29, 0.717) is 0 Å². The van der Waals surface area contributed by atoms with Gasteiger partial charge in [0.05, 0.1) is 6.04 Å². The molecule has 0 bridgehead atoms. The summed E-state index contributed by atoms with van der Waals surface area (Å²) in [6.45, 7) is 12.2. The monoisotopic (exact) mass is 313 g/mol. The van der Waals surface area contributed by atoms with Crippen molar-refractivity contribution in [3.63, 3.8) is 0 Å². The highest BCUT2D eigenvalue weighted by Gasteiger charge is 2.13. The number of aliphatic imine (C=N–C) groups is 1. The van der Waals surface area contributed by atoms with Crippen molar-refractivity contribution in [1.82, 2.24) is 0 Å². The van der Waals surface area contributed by atoms with Gasteiger partial charge in [-0.3, -0.25) is 4.99 Å². The summed E-state index contributed by atoms with van der Waals surface area (Å²) >= 11 is 1.78. The van der Waals surface area contributed by atoms with Crippen LogP contribution < -0.4 is 0 Å². The molecule has 2 aliphatic rings. The molecule has 0 amide bonds. The van der Waals surface area contributed by atoms with Gasteiger partial charge >= 0.3 is 0 Å². The minimum atomic E-state index is 0.189. The van der Waals surface area contributed by atoms with Crippen molar-refractivity contribution < 1.29 is 0 Å². The summed E-state index contributed by atoms with van der Waals surface area (Å²) in [4.78, 5) is 5.73. The fourth-order valence-corrected chi connectivity index (χ4v) is 3.09. The quantitative estimate of drug-likeness (QED) is 0.553. The van der Waals surface area contributed by atoms with Crippen LogP contribution in [0.3, 0.4) is 0 Å². The van der Waals surface area contributed by atoms with Crippen LogP contribution in [-0.2, 0) is 0 Å². The summed E-state index contributed by atoms with van der Waals surface area (Å²) in [6, 6.07) is 6.81. The van der Waals surface area contributed by atoms with E-state index >= 15 is 0 Å². The van der Waals surface area contributed by atoms with Crippen molar-refractivity contribution >= 4 is 23.5 Å². The van der Waals surface area contributed by atoms with Gasteiger partial charge in [0.25, 0.3) is 0 Å². The smallest absolute Gasteiger partial charge is 0.0934 e. The largest absolute Gasteiger partial charge is 0.281 e. The first-order chi connectivity index (χ1) is 10.8. The average Bonchev–Trinajstić information content (AvgIpc) is 3.11. The van der Waals surface area contributed by atoms with E-state index in [0.717, 1.165) is 12.8 Å². The van der Waals surface area contributed by atoms with Gasteiger partial charge in [-0.25, -0.2) is 0 Å². The third-order valence-electron chi connectivity index (χ3n) is 3.26. The van der Waals surface area contributed by atoms with Crippen LogP contribution in [0.2, 0.25) is 0 Å². The first kappa shape index (κ1) is 18.5. The molecular weight excluding hydrogens is 286 g/mol. The summed E-state index contributed by atoms with van der Waals surface area (Å²) in [7, 11) is 0. The van der Waals surface area contributed by atoms with Gasteiger partial charge in [-0.2, -0.15) is 0 Å². The molecule has 0 aliphatic carbocycles. The van der Waals surface area contributed by atoms with Gasteiger partial charge in [0.1, 0.15) is 0 Å². The normalized spacial score (nSPS) is 19.8. The van der Waals surface area contributed by atoms with Gasteiger partial charge in [0, 0.05) is 11.1 Å².